The van der Waals surface area contributed by atoms with Crippen LogP contribution in [0.25, 0.3) is 0 Å². The number of carbonyl (C=O) groups excluding carboxylic acids is 1. The van der Waals surface area contributed by atoms with Crippen LogP contribution in [0.15, 0.2) is 23.1 Å². The number of hydrogen-bond donors (Lipinski definition) is 2. The van der Waals surface area contributed by atoms with Crippen LogP contribution < -0.4 is 11.1 Å². The van der Waals surface area contributed by atoms with E-state index in [9.17, 15) is 4.79 Å². The van der Waals surface area contributed by atoms with Crippen LogP contribution in [0.1, 0.15) is 26.7 Å². The molecular weight excluding hydrogens is 268 g/mol. The van der Waals surface area contributed by atoms with Gasteiger partial charge in [-0.15, -0.1) is 11.8 Å². The first-order valence-electron chi connectivity index (χ1n) is 6.04. The minimum Gasteiger partial charge on any atom is -0.398 e. The van der Waals surface area contributed by atoms with Gasteiger partial charge in [-0.3, -0.25) is 4.79 Å². The summed E-state index contributed by atoms with van der Waals surface area (Å²) in [5.41, 5.74) is 6.50. The van der Waals surface area contributed by atoms with E-state index >= 15 is 0 Å². The minimum atomic E-state index is -0.178. The number of hydrogen-bond acceptors (Lipinski definition) is 3. The number of nitrogens with one attached hydrogen (secondary N) is 1. The van der Waals surface area contributed by atoms with Crippen molar-refractivity contribution >= 4 is 35.0 Å². The molecule has 0 saturated heterocycles. The maximum atomic E-state index is 11.8. The number of thioether (sulfide) groups is 1. The van der Waals surface area contributed by atoms with Crippen LogP contribution in [-0.2, 0) is 4.79 Å². The fourth-order valence-corrected chi connectivity index (χ4v) is 2.59. The quantitative estimate of drug-likeness (QED) is 0.479. The molecule has 0 spiro atoms. The third kappa shape index (κ3) is 4.78. The highest BCUT2D eigenvalue weighted by atomic mass is 35.5. The zero-order valence-electron chi connectivity index (χ0n) is 10.7. The van der Waals surface area contributed by atoms with E-state index in [1.807, 2.05) is 6.92 Å². The molecule has 3 N–H and O–H groups in total. The van der Waals surface area contributed by atoms with Crippen molar-refractivity contribution in [2.24, 2.45) is 0 Å². The lowest BCUT2D eigenvalue weighted by atomic mass is 10.3. The maximum absolute atomic E-state index is 11.8. The largest absolute Gasteiger partial charge is 0.398 e. The average molecular weight is 287 g/mol. The molecule has 1 rings (SSSR count). The minimum absolute atomic E-state index is 0.0350. The summed E-state index contributed by atoms with van der Waals surface area (Å²) < 4.78 is 0. The van der Waals surface area contributed by atoms with Crippen LogP contribution >= 0.6 is 23.4 Å². The highest BCUT2D eigenvalue weighted by Crippen LogP contribution is 2.31. The molecule has 3 nitrogen and oxygen atoms in total. The summed E-state index contributed by atoms with van der Waals surface area (Å²) in [6, 6.07) is 5.29. The second-order valence-corrected chi connectivity index (χ2v) is 5.91. The maximum Gasteiger partial charge on any atom is 0.233 e. The van der Waals surface area contributed by atoms with Gasteiger partial charge >= 0.3 is 0 Å². The molecule has 0 radical (unpaired) electrons. The van der Waals surface area contributed by atoms with Crippen molar-refractivity contribution in [1.29, 1.82) is 0 Å². The Morgan fingerprint density at radius 2 is 2.28 bits per heavy atom. The molecule has 5 heteroatoms. The number of nitrogen functional groups attached to an aromatic ring is 1. The molecule has 0 saturated carbocycles. The van der Waals surface area contributed by atoms with Gasteiger partial charge in [-0.2, -0.15) is 0 Å². The third-order valence-corrected chi connectivity index (χ3v) is 3.89. The number of benzene rings is 1. The Morgan fingerprint density at radius 1 is 1.56 bits per heavy atom. The van der Waals surface area contributed by atoms with E-state index in [4.69, 9.17) is 17.3 Å². The zero-order valence-corrected chi connectivity index (χ0v) is 12.3. The molecule has 1 amide bonds. The second-order valence-electron chi connectivity index (χ2n) is 4.09. The van der Waals surface area contributed by atoms with E-state index in [1.54, 1.807) is 18.2 Å². The molecule has 0 aliphatic carbocycles. The molecule has 1 atom stereocenters. The Balaban J connectivity index is 2.55. The van der Waals surface area contributed by atoms with Crippen LogP contribution in [0.2, 0.25) is 5.02 Å². The first-order valence-corrected chi connectivity index (χ1v) is 7.29. The molecule has 1 aromatic rings. The monoisotopic (exact) mass is 286 g/mol. The SMILES string of the molecule is CCCCNC(=O)C(C)Sc1cc(Cl)ccc1N. The van der Waals surface area contributed by atoms with Gasteiger partial charge in [0.1, 0.15) is 0 Å². The lowest BCUT2D eigenvalue weighted by Crippen LogP contribution is -2.31. The Morgan fingerprint density at radius 3 is 2.94 bits per heavy atom. The molecule has 100 valence electrons. The molecule has 0 aliphatic rings. The predicted octanol–water partition coefficient (Wildman–Crippen LogP) is 3.32. The van der Waals surface area contributed by atoms with Crippen LogP contribution in [0.3, 0.4) is 0 Å². The second kappa shape index (κ2) is 7.54. The van der Waals surface area contributed by atoms with Crippen molar-refractivity contribution in [3.8, 4) is 0 Å². The number of nitrogens with two attached hydrogens (primary N) is 1. The summed E-state index contributed by atoms with van der Waals surface area (Å²) in [6.07, 6.45) is 2.07. The molecule has 1 unspecified atom stereocenters. The fourth-order valence-electron chi connectivity index (χ4n) is 1.39. The Bertz CT molecular complexity index is 412. The van der Waals surface area contributed by atoms with E-state index < -0.39 is 0 Å². The number of carbonyl (C=O) groups is 1. The van der Waals surface area contributed by atoms with E-state index in [0.717, 1.165) is 24.3 Å². The van der Waals surface area contributed by atoms with Crippen molar-refractivity contribution < 1.29 is 4.79 Å². The fraction of sp³-hybridized carbons (Fsp3) is 0.462. The van der Waals surface area contributed by atoms with Gasteiger partial charge in [0.25, 0.3) is 0 Å². The number of halogens is 1. The van der Waals surface area contributed by atoms with Gasteiger partial charge in [0.15, 0.2) is 0 Å². The average Bonchev–Trinajstić information content (AvgIpc) is 2.34. The smallest absolute Gasteiger partial charge is 0.233 e. The first kappa shape index (κ1) is 15.2. The van der Waals surface area contributed by atoms with Gasteiger partial charge < -0.3 is 11.1 Å². The number of amides is 1. The van der Waals surface area contributed by atoms with Crippen molar-refractivity contribution in [2.45, 2.75) is 36.8 Å². The molecule has 18 heavy (non-hydrogen) atoms. The van der Waals surface area contributed by atoms with Crippen LogP contribution in [0, 0.1) is 0 Å². The molecule has 0 heterocycles. The predicted molar refractivity (Wildman–Crippen MR) is 79.1 cm³/mol. The number of anilines is 1. The summed E-state index contributed by atoms with van der Waals surface area (Å²) in [7, 11) is 0. The van der Waals surface area contributed by atoms with E-state index in [-0.39, 0.29) is 11.2 Å². The van der Waals surface area contributed by atoms with Gasteiger partial charge in [0.05, 0.1) is 5.25 Å². The van der Waals surface area contributed by atoms with Crippen molar-refractivity contribution in [1.82, 2.24) is 5.32 Å². The Kier molecular flexibility index (Phi) is 6.36. The van der Waals surface area contributed by atoms with Gasteiger partial charge in [0.2, 0.25) is 5.91 Å². The summed E-state index contributed by atoms with van der Waals surface area (Å²) in [5, 5.41) is 3.36. The summed E-state index contributed by atoms with van der Waals surface area (Å²) in [5.74, 6) is 0.0350. The molecule has 0 aromatic heterocycles. The number of unbranched alkanes of at least 4 members (excludes halogenated alkanes) is 1. The summed E-state index contributed by atoms with van der Waals surface area (Å²) in [4.78, 5) is 12.7. The lowest BCUT2D eigenvalue weighted by molar-refractivity contribution is -0.120. The first-order chi connectivity index (χ1) is 8.54. The highest BCUT2D eigenvalue weighted by Gasteiger charge is 2.15. The van der Waals surface area contributed by atoms with E-state index in [0.29, 0.717) is 10.7 Å². The summed E-state index contributed by atoms with van der Waals surface area (Å²) in [6.45, 7) is 4.69. The van der Waals surface area contributed by atoms with Gasteiger partial charge in [-0.05, 0) is 31.5 Å². The zero-order chi connectivity index (χ0) is 13.5. The van der Waals surface area contributed by atoms with Crippen molar-refractivity contribution in [3.63, 3.8) is 0 Å². The van der Waals surface area contributed by atoms with Gasteiger partial charge in [0, 0.05) is 22.2 Å². The van der Waals surface area contributed by atoms with Crippen molar-refractivity contribution in [3.05, 3.63) is 23.2 Å². The standard InChI is InChI=1S/C13H19ClN2OS/c1-3-4-7-16-13(17)9(2)18-12-8-10(14)5-6-11(12)15/h5-6,8-9H,3-4,7,15H2,1-2H3,(H,16,17). The van der Waals surface area contributed by atoms with Gasteiger partial charge in [-0.1, -0.05) is 24.9 Å². The van der Waals surface area contributed by atoms with Crippen molar-refractivity contribution in [2.75, 3.05) is 12.3 Å². The Labute approximate surface area is 117 Å². The lowest BCUT2D eigenvalue weighted by Gasteiger charge is -2.13. The topological polar surface area (TPSA) is 55.1 Å². The van der Waals surface area contributed by atoms with Crippen LogP contribution in [-0.4, -0.2) is 17.7 Å². The normalized spacial score (nSPS) is 12.2. The highest BCUT2D eigenvalue weighted by molar-refractivity contribution is 8.00. The van der Waals surface area contributed by atoms with Crippen LogP contribution in [0.5, 0.6) is 0 Å². The summed E-state index contributed by atoms with van der Waals surface area (Å²) >= 11 is 7.34. The van der Waals surface area contributed by atoms with E-state index in [1.165, 1.54) is 11.8 Å². The number of rotatable bonds is 6. The Hall–Kier alpha value is -0.870. The molecule has 0 aliphatic heterocycles. The third-order valence-electron chi connectivity index (χ3n) is 2.48. The molecule has 1 aromatic carbocycles. The molecule has 0 bridgehead atoms. The van der Waals surface area contributed by atoms with Crippen LogP contribution in [0.4, 0.5) is 5.69 Å². The molecule has 0 fully saturated rings. The van der Waals surface area contributed by atoms with Gasteiger partial charge in [-0.25, -0.2) is 0 Å². The van der Waals surface area contributed by atoms with E-state index in [2.05, 4.69) is 12.2 Å². The molecular formula is C13H19ClN2OS.